The number of piperidine rings is 1. The van der Waals surface area contributed by atoms with Crippen molar-refractivity contribution in [3.63, 3.8) is 0 Å². The van der Waals surface area contributed by atoms with E-state index in [1.165, 1.54) is 0 Å². The number of carbonyl (C=O) groups is 1. The van der Waals surface area contributed by atoms with Crippen molar-refractivity contribution in [3.05, 3.63) is 78.5 Å². The van der Waals surface area contributed by atoms with Crippen LogP contribution in [0.1, 0.15) is 34.8 Å². The average Bonchev–Trinajstić information content (AvgIpc) is 3.24. The van der Waals surface area contributed by atoms with Crippen LogP contribution in [0.2, 0.25) is 0 Å². The summed E-state index contributed by atoms with van der Waals surface area (Å²) in [5, 5.41) is 4.87. The minimum Gasteiger partial charge on any atom is -0.492 e. The standard InChI is InChI=1S/C24H24N6O2/c31-24(18-8-10-25-11-9-18)29-14-4-5-19(17-29)21-22-23(27-13-12-26-22)30(28-21)15-16-32-20-6-2-1-3-7-20/h1-3,6-13,19H,4-5,14-17H2/t19-/m1/s1. The van der Waals surface area contributed by atoms with E-state index in [2.05, 4.69) is 15.0 Å². The van der Waals surface area contributed by atoms with Crippen LogP contribution in [0.4, 0.5) is 0 Å². The van der Waals surface area contributed by atoms with Gasteiger partial charge in [-0.1, -0.05) is 18.2 Å². The summed E-state index contributed by atoms with van der Waals surface area (Å²) in [7, 11) is 0. The molecule has 1 amide bonds. The number of fused-ring (bicyclic) bond motifs is 1. The molecule has 4 heterocycles. The summed E-state index contributed by atoms with van der Waals surface area (Å²) in [6, 6.07) is 13.2. The highest BCUT2D eigenvalue weighted by Gasteiger charge is 2.29. The molecule has 1 aromatic carbocycles. The lowest BCUT2D eigenvalue weighted by atomic mass is 9.94. The Balaban J connectivity index is 1.35. The number of likely N-dealkylation sites (tertiary alicyclic amines) is 1. The minimum atomic E-state index is 0.0307. The van der Waals surface area contributed by atoms with Crippen LogP contribution in [-0.4, -0.2) is 55.2 Å². The van der Waals surface area contributed by atoms with Gasteiger partial charge in [0.1, 0.15) is 17.9 Å². The van der Waals surface area contributed by atoms with Gasteiger partial charge in [-0.05, 0) is 37.1 Å². The molecule has 0 radical (unpaired) electrons. The molecule has 0 unspecified atom stereocenters. The zero-order chi connectivity index (χ0) is 21.8. The predicted molar refractivity (Wildman–Crippen MR) is 119 cm³/mol. The first-order chi connectivity index (χ1) is 15.8. The Labute approximate surface area is 185 Å². The highest BCUT2D eigenvalue weighted by molar-refractivity contribution is 5.94. The maximum absolute atomic E-state index is 12.9. The number of para-hydroxylation sites is 1. The number of nitrogens with zero attached hydrogens (tertiary/aromatic N) is 6. The van der Waals surface area contributed by atoms with E-state index < -0.39 is 0 Å². The van der Waals surface area contributed by atoms with Crippen molar-refractivity contribution in [2.45, 2.75) is 25.3 Å². The Morgan fingerprint density at radius 3 is 2.69 bits per heavy atom. The summed E-state index contributed by atoms with van der Waals surface area (Å²) in [4.78, 5) is 28.0. The van der Waals surface area contributed by atoms with Gasteiger partial charge in [0.25, 0.3) is 5.91 Å². The molecule has 4 aromatic rings. The topological polar surface area (TPSA) is 86.0 Å². The highest BCUT2D eigenvalue weighted by Crippen LogP contribution is 2.30. The van der Waals surface area contributed by atoms with Crippen LogP contribution < -0.4 is 4.74 Å². The van der Waals surface area contributed by atoms with Crippen molar-refractivity contribution in [1.29, 1.82) is 0 Å². The van der Waals surface area contributed by atoms with Gasteiger partial charge in [-0.15, -0.1) is 0 Å². The SMILES string of the molecule is O=C(c1ccncc1)N1CCC[C@@H](c2nn(CCOc3ccccc3)c3nccnc23)C1. The van der Waals surface area contributed by atoms with E-state index in [4.69, 9.17) is 9.84 Å². The van der Waals surface area contributed by atoms with Gasteiger partial charge in [0.05, 0.1) is 12.2 Å². The van der Waals surface area contributed by atoms with Crippen LogP contribution in [-0.2, 0) is 6.54 Å². The molecule has 0 N–H and O–H groups in total. The molecule has 0 saturated carbocycles. The van der Waals surface area contributed by atoms with Crippen LogP contribution in [0.25, 0.3) is 11.2 Å². The van der Waals surface area contributed by atoms with Crippen LogP contribution in [0, 0.1) is 0 Å². The van der Waals surface area contributed by atoms with Gasteiger partial charge < -0.3 is 9.64 Å². The maximum atomic E-state index is 12.9. The number of carbonyl (C=O) groups excluding carboxylic acids is 1. The van der Waals surface area contributed by atoms with Gasteiger partial charge in [0.2, 0.25) is 0 Å². The van der Waals surface area contributed by atoms with E-state index in [-0.39, 0.29) is 11.8 Å². The van der Waals surface area contributed by atoms with Gasteiger partial charge in [-0.3, -0.25) is 9.78 Å². The molecule has 1 fully saturated rings. The van der Waals surface area contributed by atoms with Gasteiger partial charge in [0.15, 0.2) is 5.65 Å². The molecule has 1 atom stereocenters. The van der Waals surface area contributed by atoms with E-state index in [9.17, 15) is 4.79 Å². The molecule has 1 aliphatic heterocycles. The molecule has 1 saturated heterocycles. The van der Waals surface area contributed by atoms with Gasteiger partial charge in [-0.25, -0.2) is 14.6 Å². The molecular weight excluding hydrogens is 404 g/mol. The van der Waals surface area contributed by atoms with Crippen molar-refractivity contribution in [2.75, 3.05) is 19.7 Å². The molecule has 0 spiro atoms. The number of pyridine rings is 1. The molecule has 0 bridgehead atoms. The monoisotopic (exact) mass is 428 g/mol. The van der Waals surface area contributed by atoms with Crippen LogP contribution >= 0.6 is 0 Å². The zero-order valence-corrected chi connectivity index (χ0v) is 17.7. The zero-order valence-electron chi connectivity index (χ0n) is 17.7. The highest BCUT2D eigenvalue weighted by atomic mass is 16.5. The van der Waals surface area contributed by atoms with Gasteiger partial charge >= 0.3 is 0 Å². The van der Waals surface area contributed by atoms with E-state index in [1.54, 1.807) is 36.9 Å². The van der Waals surface area contributed by atoms with Gasteiger partial charge in [-0.2, -0.15) is 5.10 Å². The first kappa shape index (κ1) is 20.1. The van der Waals surface area contributed by atoms with Crippen LogP contribution in [0.3, 0.4) is 0 Å². The second-order valence-corrected chi connectivity index (χ2v) is 7.82. The summed E-state index contributed by atoms with van der Waals surface area (Å²) in [6.07, 6.45) is 8.56. The average molecular weight is 428 g/mol. The lowest BCUT2D eigenvalue weighted by molar-refractivity contribution is 0.0706. The third-order valence-electron chi connectivity index (χ3n) is 5.73. The van der Waals surface area contributed by atoms with Crippen molar-refractivity contribution < 1.29 is 9.53 Å². The Bertz CT molecular complexity index is 1200. The lowest BCUT2D eigenvalue weighted by Gasteiger charge is -2.32. The van der Waals surface area contributed by atoms with Crippen molar-refractivity contribution in [2.24, 2.45) is 0 Å². The molecule has 162 valence electrons. The number of hydrogen-bond donors (Lipinski definition) is 0. The largest absolute Gasteiger partial charge is 0.492 e. The number of benzene rings is 1. The van der Waals surface area contributed by atoms with Crippen molar-refractivity contribution >= 4 is 17.1 Å². The second-order valence-electron chi connectivity index (χ2n) is 7.82. The van der Waals surface area contributed by atoms with Crippen molar-refractivity contribution in [3.8, 4) is 5.75 Å². The van der Waals surface area contributed by atoms with Gasteiger partial charge in [0, 0.05) is 49.4 Å². The normalized spacial score (nSPS) is 16.2. The fourth-order valence-electron chi connectivity index (χ4n) is 4.18. The number of aromatic nitrogens is 5. The summed E-state index contributed by atoms with van der Waals surface area (Å²) >= 11 is 0. The molecule has 1 aliphatic rings. The lowest BCUT2D eigenvalue weighted by Crippen LogP contribution is -2.39. The molecule has 3 aromatic heterocycles. The Kier molecular flexibility index (Phi) is 5.74. The summed E-state index contributed by atoms with van der Waals surface area (Å²) in [5.41, 5.74) is 3.11. The third-order valence-corrected chi connectivity index (χ3v) is 5.73. The Hall–Kier alpha value is -3.81. The Morgan fingerprint density at radius 1 is 1.03 bits per heavy atom. The van der Waals surface area contributed by atoms with Crippen LogP contribution in [0.15, 0.2) is 67.3 Å². The quantitative estimate of drug-likeness (QED) is 0.468. The summed E-state index contributed by atoms with van der Waals surface area (Å²) in [5.74, 6) is 0.973. The van der Waals surface area contributed by atoms with E-state index in [1.807, 2.05) is 39.9 Å². The molecule has 32 heavy (non-hydrogen) atoms. The van der Waals surface area contributed by atoms with Crippen LogP contribution in [0.5, 0.6) is 5.75 Å². The number of rotatable bonds is 6. The minimum absolute atomic E-state index is 0.0307. The second kappa shape index (κ2) is 9.13. The van der Waals surface area contributed by atoms with Crippen molar-refractivity contribution in [1.82, 2.24) is 29.6 Å². The Morgan fingerprint density at radius 2 is 1.84 bits per heavy atom. The molecule has 5 rings (SSSR count). The van der Waals surface area contributed by atoms with E-state index >= 15 is 0 Å². The molecule has 8 heteroatoms. The maximum Gasteiger partial charge on any atom is 0.253 e. The number of hydrogen-bond acceptors (Lipinski definition) is 6. The third kappa shape index (κ3) is 4.16. The first-order valence-corrected chi connectivity index (χ1v) is 10.8. The molecule has 0 aliphatic carbocycles. The predicted octanol–water partition coefficient (Wildman–Crippen LogP) is 3.32. The van der Waals surface area contributed by atoms with E-state index in [0.717, 1.165) is 42.0 Å². The number of ether oxygens (including phenoxy) is 1. The first-order valence-electron chi connectivity index (χ1n) is 10.8. The summed E-state index contributed by atoms with van der Waals surface area (Å²) in [6.45, 7) is 2.40. The number of amides is 1. The smallest absolute Gasteiger partial charge is 0.253 e. The summed E-state index contributed by atoms with van der Waals surface area (Å²) < 4.78 is 7.71. The molecular formula is C24H24N6O2. The fourth-order valence-corrected chi connectivity index (χ4v) is 4.18. The fraction of sp³-hybridized carbons (Fsp3) is 0.292. The molecule has 8 nitrogen and oxygen atoms in total. The van der Waals surface area contributed by atoms with E-state index in [0.29, 0.717) is 25.3 Å².